The van der Waals surface area contributed by atoms with Gasteiger partial charge in [0.2, 0.25) is 0 Å². The molecule has 0 spiro atoms. The highest BCUT2D eigenvalue weighted by atomic mass is 19.1. The molecule has 3 aromatic heterocycles. The number of fused-ring (bicyclic) bond motifs is 1. The molecule has 0 aliphatic heterocycles. The van der Waals surface area contributed by atoms with Crippen molar-refractivity contribution < 1.29 is 14.2 Å². The standard InChI is InChI=1S/C21H19FN4O2/c22-10-17(27)13-28-18-5-6-21-25-19(12-26(21)11-18)15-3-1-14(2-4-15)16-7-8-24-20(23)9-16/h1-9,11-12,17,27H,10,13H2,(H2,23,24). The lowest BCUT2D eigenvalue weighted by molar-refractivity contribution is 0.0840. The normalized spacial score (nSPS) is 12.2. The van der Waals surface area contributed by atoms with Crippen molar-refractivity contribution in [2.24, 2.45) is 0 Å². The van der Waals surface area contributed by atoms with Crippen LogP contribution in [-0.2, 0) is 0 Å². The number of nitrogens with two attached hydrogens (primary N) is 1. The van der Waals surface area contributed by atoms with Crippen LogP contribution in [0.5, 0.6) is 5.75 Å². The second-order valence-electron chi connectivity index (χ2n) is 6.42. The number of ether oxygens (including phenoxy) is 1. The molecule has 1 unspecified atom stereocenters. The lowest BCUT2D eigenvalue weighted by Gasteiger charge is -2.09. The van der Waals surface area contributed by atoms with Gasteiger partial charge in [-0.05, 0) is 35.4 Å². The van der Waals surface area contributed by atoms with E-state index in [-0.39, 0.29) is 6.61 Å². The number of halogens is 1. The van der Waals surface area contributed by atoms with E-state index in [1.165, 1.54) is 0 Å². The van der Waals surface area contributed by atoms with Gasteiger partial charge in [0.1, 0.15) is 36.6 Å². The van der Waals surface area contributed by atoms with Crippen LogP contribution in [0.15, 0.2) is 67.1 Å². The smallest absolute Gasteiger partial charge is 0.137 e. The van der Waals surface area contributed by atoms with Crippen LogP contribution in [0.2, 0.25) is 0 Å². The van der Waals surface area contributed by atoms with Gasteiger partial charge in [0.15, 0.2) is 0 Å². The summed E-state index contributed by atoms with van der Waals surface area (Å²) in [6.45, 7) is -0.926. The van der Waals surface area contributed by atoms with Gasteiger partial charge in [0.25, 0.3) is 0 Å². The molecular formula is C21H19FN4O2. The van der Waals surface area contributed by atoms with Gasteiger partial charge in [0, 0.05) is 18.0 Å². The van der Waals surface area contributed by atoms with Crippen LogP contribution in [0, 0.1) is 0 Å². The number of nitrogen functional groups attached to an aromatic ring is 1. The van der Waals surface area contributed by atoms with Crippen LogP contribution in [0.1, 0.15) is 0 Å². The Bertz CT molecular complexity index is 1100. The van der Waals surface area contributed by atoms with Gasteiger partial charge in [-0.25, -0.2) is 14.4 Å². The fraction of sp³-hybridized carbons (Fsp3) is 0.143. The zero-order chi connectivity index (χ0) is 19.5. The lowest BCUT2D eigenvalue weighted by Crippen LogP contribution is -2.19. The van der Waals surface area contributed by atoms with Crippen LogP contribution in [0.4, 0.5) is 10.2 Å². The van der Waals surface area contributed by atoms with Crippen LogP contribution < -0.4 is 10.5 Å². The van der Waals surface area contributed by atoms with Gasteiger partial charge < -0.3 is 20.0 Å². The molecule has 142 valence electrons. The Balaban J connectivity index is 1.57. The van der Waals surface area contributed by atoms with Crippen molar-refractivity contribution in [2.75, 3.05) is 19.0 Å². The van der Waals surface area contributed by atoms with Crippen molar-refractivity contribution in [3.8, 4) is 28.1 Å². The van der Waals surface area contributed by atoms with Crippen molar-refractivity contribution in [1.29, 1.82) is 0 Å². The van der Waals surface area contributed by atoms with Crippen LogP contribution in [0.3, 0.4) is 0 Å². The summed E-state index contributed by atoms with van der Waals surface area (Å²) in [5, 5.41) is 9.28. The summed E-state index contributed by atoms with van der Waals surface area (Å²) in [6, 6.07) is 15.3. The molecule has 1 atom stereocenters. The number of hydrogen-bond acceptors (Lipinski definition) is 5. The molecule has 0 aliphatic rings. The number of pyridine rings is 2. The van der Waals surface area contributed by atoms with E-state index in [4.69, 9.17) is 10.5 Å². The van der Waals surface area contributed by atoms with Crippen LogP contribution >= 0.6 is 0 Å². The number of nitrogens with zero attached hydrogens (tertiary/aromatic N) is 3. The van der Waals surface area contributed by atoms with E-state index < -0.39 is 12.8 Å². The molecule has 0 amide bonds. The van der Waals surface area contributed by atoms with Gasteiger partial charge in [-0.3, -0.25) is 0 Å². The second kappa shape index (κ2) is 7.66. The third-order valence-electron chi connectivity index (χ3n) is 4.34. The molecule has 4 rings (SSSR count). The highest BCUT2D eigenvalue weighted by Gasteiger charge is 2.08. The minimum atomic E-state index is -1.12. The number of hydrogen-bond donors (Lipinski definition) is 2. The van der Waals surface area contributed by atoms with E-state index in [1.54, 1.807) is 18.5 Å². The maximum atomic E-state index is 12.3. The maximum absolute atomic E-state index is 12.3. The summed E-state index contributed by atoms with van der Waals surface area (Å²) in [7, 11) is 0. The topological polar surface area (TPSA) is 85.7 Å². The van der Waals surface area contributed by atoms with Crippen molar-refractivity contribution in [3.05, 3.63) is 67.1 Å². The van der Waals surface area contributed by atoms with Gasteiger partial charge >= 0.3 is 0 Å². The summed E-state index contributed by atoms with van der Waals surface area (Å²) in [5.74, 6) is 1.02. The van der Waals surface area contributed by atoms with E-state index in [0.29, 0.717) is 11.6 Å². The van der Waals surface area contributed by atoms with Crippen molar-refractivity contribution in [1.82, 2.24) is 14.4 Å². The fourth-order valence-electron chi connectivity index (χ4n) is 2.89. The lowest BCUT2D eigenvalue weighted by atomic mass is 10.0. The molecule has 6 nitrogen and oxygen atoms in total. The van der Waals surface area contributed by atoms with Crippen LogP contribution in [0.25, 0.3) is 28.0 Å². The summed E-state index contributed by atoms with van der Waals surface area (Å²) in [4.78, 5) is 8.63. The SMILES string of the molecule is Nc1cc(-c2ccc(-c3cn4cc(OCC(O)CF)ccc4n3)cc2)ccn1. The monoisotopic (exact) mass is 378 g/mol. The predicted molar refractivity (Wildman–Crippen MR) is 106 cm³/mol. The molecule has 3 N–H and O–H groups in total. The largest absolute Gasteiger partial charge is 0.489 e. The number of imidazole rings is 1. The first-order chi connectivity index (χ1) is 13.6. The number of anilines is 1. The number of aliphatic hydroxyl groups excluding tert-OH is 1. The Morgan fingerprint density at radius 3 is 2.57 bits per heavy atom. The first kappa shape index (κ1) is 17.9. The Kier molecular flexibility index (Phi) is 4.90. The zero-order valence-corrected chi connectivity index (χ0v) is 15.0. The number of aromatic nitrogens is 3. The van der Waals surface area contributed by atoms with Gasteiger partial charge in [-0.15, -0.1) is 0 Å². The van der Waals surface area contributed by atoms with E-state index in [1.807, 2.05) is 53.1 Å². The minimum absolute atomic E-state index is 0.0927. The average Bonchev–Trinajstić information content (AvgIpc) is 3.15. The molecule has 0 aliphatic carbocycles. The maximum Gasteiger partial charge on any atom is 0.137 e. The Morgan fingerprint density at radius 1 is 1.04 bits per heavy atom. The number of rotatable bonds is 6. The fourth-order valence-corrected chi connectivity index (χ4v) is 2.89. The number of aliphatic hydroxyl groups is 1. The van der Waals surface area contributed by atoms with Crippen molar-refractivity contribution >= 4 is 11.5 Å². The number of benzene rings is 1. The molecule has 4 aromatic rings. The molecule has 0 radical (unpaired) electrons. The van der Waals surface area contributed by atoms with Gasteiger partial charge in [0.05, 0.1) is 11.9 Å². The number of alkyl halides is 1. The molecule has 7 heteroatoms. The van der Waals surface area contributed by atoms with Crippen molar-refractivity contribution in [2.45, 2.75) is 6.10 Å². The van der Waals surface area contributed by atoms with Crippen molar-refractivity contribution in [3.63, 3.8) is 0 Å². The molecule has 1 aromatic carbocycles. The van der Waals surface area contributed by atoms with Crippen LogP contribution in [-0.4, -0.2) is 38.9 Å². The highest BCUT2D eigenvalue weighted by molar-refractivity contribution is 5.70. The van der Waals surface area contributed by atoms with E-state index >= 15 is 0 Å². The van der Waals surface area contributed by atoms with E-state index in [2.05, 4.69) is 9.97 Å². The second-order valence-corrected chi connectivity index (χ2v) is 6.42. The molecular weight excluding hydrogens is 359 g/mol. The quantitative estimate of drug-likeness (QED) is 0.537. The minimum Gasteiger partial charge on any atom is -0.489 e. The molecule has 0 saturated carbocycles. The Morgan fingerprint density at radius 2 is 1.82 bits per heavy atom. The van der Waals surface area contributed by atoms with E-state index in [9.17, 15) is 9.50 Å². The Labute approximate surface area is 161 Å². The first-order valence-corrected chi connectivity index (χ1v) is 8.80. The zero-order valence-electron chi connectivity index (χ0n) is 15.0. The van der Waals surface area contributed by atoms with E-state index in [0.717, 1.165) is 28.0 Å². The molecule has 0 bridgehead atoms. The predicted octanol–water partition coefficient (Wildman–Crippen LogP) is 3.35. The summed E-state index contributed by atoms with van der Waals surface area (Å²) in [5.41, 5.74) is 10.4. The third kappa shape index (κ3) is 3.79. The Hall–Kier alpha value is -3.45. The average molecular weight is 378 g/mol. The molecule has 0 fully saturated rings. The third-order valence-corrected chi connectivity index (χ3v) is 4.34. The summed E-state index contributed by atoms with van der Waals surface area (Å²) >= 11 is 0. The highest BCUT2D eigenvalue weighted by Crippen LogP contribution is 2.26. The molecule has 3 heterocycles. The van der Waals surface area contributed by atoms with Gasteiger partial charge in [-0.1, -0.05) is 24.3 Å². The summed E-state index contributed by atoms with van der Waals surface area (Å²) < 4.78 is 19.6. The summed E-state index contributed by atoms with van der Waals surface area (Å²) in [6.07, 6.45) is 4.22. The van der Waals surface area contributed by atoms with Gasteiger partial charge in [-0.2, -0.15) is 0 Å². The molecule has 0 saturated heterocycles. The molecule has 28 heavy (non-hydrogen) atoms. The first-order valence-electron chi connectivity index (χ1n) is 8.80.